The first-order valence-corrected chi connectivity index (χ1v) is 8.74. The first kappa shape index (κ1) is 17.7. The van der Waals surface area contributed by atoms with Gasteiger partial charge in [-0.3, -0.25) is 9.59 Å². The third-order valence-electron chi connectivity index (χ3n) is 4.68. The molecule has 1 aliphatic heterocycles. The Hall–Kier alpha value is -3.13. The maximum Gasteiger partial charge on any atom is 0.253 e. The van der Waals surface area contributed by atoms with Crippen molar-refractivity contribution in [2.75, 3.05) is 18.4 Å². The summed E-state index contributed by atoms with van der Waals surface area (Å²) in [4.78, 5) is 26.9. The largest absolute Gasteiger partial charge is 0.339 e. The number of nitrogens with zero attached hydrogens (tertiary/aromatic N) is 2. The number of piperidine rings is 1. The van der Waals surface area contributed by atoms with Gasteiger partial charge in [-0.25, -0.2) is 0 Å². The van der Waals surface area contributed by atoms with Crippen LogP contribution in [0.1, 0.15) is 34.3 Å². The van der Waals surface area contributed by atoms with E-state index in [4.69, 9.17) is 5.26 Å². The molecule has 26 heavy (non-hydrogen) atoms. The van der Waals surface area contributed by atoms with Crippen molar-refractivity contribution in [2.24, 2.45) is 5.92 Å². The van der Waals surface area contributed by atoms with E-state index in [0.29, 0.717) is 42.7 Å². The van der Waals surface area contributed by atoms with E-state index < -0.39 is 0 Å². The van der Waals surface area contributed by atoms with Crippen molar-refractivity contribution in [3.63, 3.8) is 0 Å². The Morgan fingerprint density at radius 1 is 1.12 bits per heavy atom. The summed E-state index contributed by atoms with van der Waals surface area (Å²) in [6, 6.07) is 16.5. The molecule has 132 valence electrons. The van der Waals surface area contributed by atoms with Crippen LogP contribution in [0.4, 0.5) is 5.69 Å². The summed E-state index contributed by atoms with van der Waals surface area (Å²) >= 11 is 0. The molecule has 2 aromatic carbocycles. The smallest absolute Gasteiger partial charge is 0.253 e. The molecular formula is C21H21N3O2. The van der Waals surface area contributed by atoms with Crippen molar-refractivity contribution in [3.05, 3.63) is 65.2 Å². The van der Waals surface area contributed by atoms with E-state index in [1.54, 1.807) is 24.3 Å². The highest BCUT2D eigenvalue weighted by atomic mass is 16.2. The summed E-state index contributed by atoms with van der Waals surface area (Å²) in [6.07, 6.45) is 1.28. The fraction of sp³-hybridized carbons (Fsp3) is 0.286. The SMILES string of the molecule is Cc1cccc(C(=O)N2CCC(C(=O)Nc3cccc(C#N)c3)CC2)c1. The minimum absolute atomic E-state index is 0.0225. The lowest BCUT2D eigenvalue weighted by Crippen LogP contribution is -2.41. The molecule has 5 nitrogen and oxygen atoms in total. The molecule has 0 aliphatic carbocycles. The van der Waals surface area contributed by atoms with E-state index >= 15 is 0 Å². The molecule has 1 N–H and O–H groups in total. The summed E-state index contributed by atoms with van der Waals surface area (Å²) in [6.45, 7) is 3.11. The molecule has 1 aliphatic rings. The Labute approximate surface area is 153 Å². The first-order chi connectivity index (χ1) is 12.6. The number of hydrogen-bond donors (Lipinski definition) is 1. The quantitative estimate of drug-likeness (QED) is 0.925. The van der Waals surface area contributed by atoms with Crippen LogP contribution in [-0.4, -0.2) is 29.8 Å². The van der Waals surface area contributed by atoms with Gasteiger partial charge in [0.05, 0.1) is 11.6 Å². The zero-order valence-corrected chi connectivity index (χ0v) is 14.7. The molecule has 0 spiro atoms. The molecule has 0 atom stereocenters. The highest BCUT2D eigenvalue weighted by Gasteiger charge is 2.27. The maximum atomic E-state index is 12.6. The number of anilines is 1. The molecule has 3 rings (SSSR count). The van der Waals surface area contributed by atoms with Gasteiger partial charge in [0, 0.05) is 30.3 Å². The minimum atomic E-state index is -0.123. The number of carbonyl (C=O) groups excluding carboxylic acids is 2. The van der Waals surface area contributed by atoms with E-state index in [1.165, 1.54) is 0 Å². The van der Waals surface area contributed by atoms with Gasteiger partial charge in [0.2, 0.25) is 5.91 Å². The predicted molar refractivity (Wildman–Crippen MR) is 99.6 cm³/mol. The van der Waals surface area contributed by atoms with Crippen LogP contribution in [0, 0.1) is 24.2 Å². The second-order valence-corrected chi connectivity index (χ2v) is 6.62. The second kappa shape index (κ2) is 7.83. The maximum absolute atomic E-state index is 12.6. The van der Waals surface area contributed by atoms with E-state index in [-0.39, 0.29) is 17.7 Å². The predicted octanol–water partition coefficient (Wildman–Crippen LogP) is 3.36. The third kappa shape index (κ3) is 4.09. The van der Waals surface area contributed by atoms with Crippen molar-refractivity contribution in [1.29, 1.82) is 5.26 Å². The normalized spacial score (nSPS) is 14.5. The third-order valence-corrected chi connectivity index (χ3v) is 4.68. The van der Waals surface area contributed by atoms with E-state index in [9.17, 15) is 9.59 Å². The average Bonchev–Trinajstić information content (AvgIpc) is 2.67. The van der Waals surface area contributed by atoms with Crippen LogP contribution < -0.4 is 5.32 Å². The van der Waals surface area contributed by atoms with Crippen LogP contribution in [0.15, 0.2) is 48.5 Å². The lowest BCUT2D eigenvalue weighted by Gasteiger charge is -2.31. The van der Waals surface area contributed by atoms with E-state index in [2.05, 4.69) is 11.4 Å². The number of likely N-dealkylation sites (tertiary alicyclic amines) is 1. The fourth-order valence-electron chi connectivity index (χ4n) is 3.22. The van der Waals surface area contributed by atoms with Crippen LogP contribution in [0.5, 0.6) is 0 Å². The van der Waals surface area contributed by atoms with Crippen molar-refractivity contribution < 1.29 is 9.59 Å². The van der Waals surface area contributed by atoms with Crippen molar-refractivity contribution in [2.45, 2.75) is 19.8 Å². The Morgan fingerprint density at radius 3 is 2.54 bits per heavy atom. The molecule has 2 amide bonds. The number of benzene rings is 2. The summed E-state index contributed by atoms with van der Waals surface area (Å²) < 4.78 is 0. The molecule has 0 unspecified atom stereocenters. The van der Waals surface area contributed by atoms with Crippen LogP contribution in [0.25, 0.3) is 0 Å². The minimum Gasteiger partial charge on any atom is -0.339 e. The Bertz CT molecular complexity index is 862. The van der Waals surface area contributed by atoms with Crippen molar-refractivity contribution >= 4 is 17.5 Å². The molecule has 1 heterocycles. The topological polar surface area (TPSA) is 73.2 Å². The summed E-state index contributed by atoms with van der Waals surface area (Å²) in [5, 5.41) is 11.8. The molecule has 0 aromatic heterocycles. The standard InChI is InChI=1S/C21H21N3O2/c1-15-4-2-6-18(12-15)21(26)24-10-8-17(9-11-24)20(25)23-19-7-3-5-16(13-19)14-22/h2-7,12-13,17H,8-11H2,1H3,(H,23,25). The molecule has 0 bridgehead atoms. The van der Waals surface area contributed by atoms with Crippen LogP contribution >= 0.6 is 0 Å². The van der Waals surface area contributed by atoms with E-state index in [1.807, 2.05) is 36.1 Å². The highest BCUT2D eigenvalue weighted by molar-refractivity contribution is 5.95. The molecule has 2 aromatic rings. The summed E-state index contributed by atoms with van der Waals surface area (Å²) in [5.41, 5.74) is 2.90. The molecule has 0 radical (unpaired) electrons. The Balaban J connectivity index is 1.57. The van der Waals surface area contributed by atoms with Gasteiger partial charge < -0.3 is 10.2 Å². The molecule has 1 fully saturated rings. The van der Waals surface area contributed by atoms with Crippen molar-refractivity contribution in [1.82, 2.24) is 4.90 Å². The Morgan fingerprint density at radius 2 is 1.85 bits per heavy atom. The van der Waals surface area contributed by atoms with Gasteiger partial charge in [-0.05, 0) is 50.1 Å². The lowest BCUT2D eigenvalue weighted by atomic mass is 9.95. The number of aryl methyl sites for hydroxylation is 1. The zero-order chi connectivity index (χ0) is 18.5. The molecular weight excluding hydrogens is 326 g/mol. The first-order valence-electron chi connectivity index (χ1n) is 8.74. The number of amides is 2. The van der Waals surface area contributed by atoms with Crippen LogP contribution in [0.2, 0.25) is 0 Å². The van der Waals surface area contributed by atoms with Gasteiger partial charge in [0.15, 0.2) is 0 Å². The lowest BCUT2D eigenvalue weighted by molar-refractivity contribution is -0.121. The molecule has 5 heteroatoms. The van der Waals surface area contributed by atoms with Gasteiger partial charge in [-0.15, -0.1) is 0 Å². The van der Waals surface area contributed by atoms with Gasteiger partial charge in [-0.1, -0.05) is 23.8 Å². The number of hydrogen-bond acceptors (Lipinski definition) is 3. The van der Waals surface area contributed by atoms with Gasteiger partial charge in [0.1, 0.15) is 0 Å². The fourth-order valence-corrected chi connectivity index (χ4v) is 3.22. The van der Waals surface area contributed by atoms with Gasteiger partial charge >= 0.3 is 0 Å². The van der Waals surface area contributed by atoms with Crippen LogP contribution in [-0.2, 0) is 4.79 Å². The second-order valence-electron chi connectivity index (χ2n) is 6.62. The molecule has 0 saturated carbocycles. The number of nitrogens with one attached hydrogen (secondary N) is 1. The number of rotatable bonds is 3. The highest BCUT2D eigenvalue weighted by Crippen LogP contribution is 2.21. The average molecular weight is 347 g/mol. The monoisotopic (exact) mass is 347 g/mol. The van der Waals surface area contributed by atoms with Crippen molar-refractivity contribution in [3.8, 4) is 6.07 Å². The number of carbonyl (C=O) groups is 2. The summed E-state index contributed by atoms with van der Waals surface area (Å²) in [5.74, 6) is -0.153. The van der Waals surface area contributed by atoms with Gasteiger partial charge in [0.25, 0.3) is 5.91 Å². The van der Waals surface area contributed by atoms with Crippen LogP contribution in [0.3, 0.4) is 0 Å². The zero-order valence-electron chi connectivity index (χ0n) is 14.7. The number of nitriles is 1. The molecule has 1 saturated heterocycles. The van der Waals surface area contributed by atoms with E-state index in [0.717, 1.165) is 5.56 Å². The Kier molecular flexibility index (Phi) is 5.33. The van der Waals surface area contributed by atoms with Gasteiger partial charge in [-0.2, -0.15) is 5.26 Å². The summed E-state index contributed by atoms with van der Waals surface area (Å²) in [7, 11) is 0.